The van der Waals surface area contributed by atoms with E-state index < -0.39 is 10.0 Å². The molecule has 2 atom stereocenters. The second kappa shape index (κ2) is 7.58. The average molecular weight is 401 g/mol. The quantitative estimate of drug-likeness (QED) is 0.733. The maximum Gasteiger partial charge on any atom is 0.217 e. The minimum absolute atomic E-state index is 0.0880. The van der Waals surface area contributed by atoms with Crippen LogP contribution in [0.15, 0.2) is 30.3 Å². The van der Waals surface area contributed by atoms with E-state index in [-0.39, 0.29) is 5.25 Å². The smallest absolute Gasteiger partial charge is 0.217 e. The Bertz CT molecular complexity index is 836. The van der Waals surface area contributed by atoms with Crippen molar-refractivity contribution in [2.45, 2.75) is 50.2 Å². The van der Waals surface area contributed by atoms with Crippen LogP contribution >= 0.6 is 0 Å². The van der Waals surface area contributed by atoms with E-state index in [1.54, 1.807) is 0 Å². The van der Waals surface area contributed by atoms with Crippen LogP contribution in [0, 0.1) is 11.8 Å². The highest BCUT2D eigenvalue weighted by atomic mass is 32.2. The summed E-state index contributed by atoms with van der Waals surface area (Å²) in [5.41, 5.74) is 4.09. The van der Waals surface area contributed by atoms with Gasteiger partial charge in [-0.2, -0.15) is 0 Å². The Morgan fingerprint density at radius 2 is 1.71 bits per heavy atom. The molecule has 0 amide bonds. The van der Waals surface area contributed by atoms with E-state index in [4.69, 9.17) is 0 Å². The largest absolute Gasteiger partial charge is 0.303 e. The number of fused-ring (bicyclic) bond motifs is 1. The number of sulfonamides is 1. The van der Waals surface area contributed by atoms with Crippen molar-refractivity contribution in [1.82, 2.24) is 9.21 Å². The molecule has 0 aromatic heterocycles. The monoisotopic (exact) mass is 400 g/mol. The molecule has 5 heteroatoms. The van der Waals surface area contributed by atoms with Crippen molar-refractivity contribution in [2.75, 3.05) is 32.7 Å². The summed E-state index contributed by atoms with van der Waals surface area (Å²) in [7, 11) is -3.05. The van der Waals surface area contributed by atoms with Crippen LogP contribution in [0.2, 0.25) is 0 Å². The molecule has 2 saturated heterocycles. The lowest BCUT2D eigenvalue weighted by atomic mass is 9.78. The van der Waals surface area contributed by atoms with Gasteiger partial charge in [0.1, 0.15) is 0 Å². The molecular formula is C23H32N2O2S. The lowest BCUT2D eigenvalue weighted by molar-refractivity contribution is 0.343. The van der Waals surface area contributed by atoms with Crippen LogP contribution in [0.1, 0.15) is 49.7 Å². The Kier molecular flexibility index (Phi) is 5.10. The van der Waals surface area contributed by atoms with Gasteiger partial charge in [-0.1, -0.05) is 30.3 Å². The third kappa shape index (κ3) is 3.69. The third-order valence-corrected chi connectivity index (χ3v) is 9.55. The van der Waals surface area contributed by atoms with Gasteiger partial charge in [0, 0.05) is 25.6 Å². The van der Waals surface area contributed by atoms with Crippen LogP contribution in [0.4, 0.5) is 0 Å². The number of hydrogen-bond donors (Lipinski definition) is 0. The highest BCUT2D eigenvalue weighted by Gasteiger charge is 2.47. The number of benzene rings is 1. The minimum atomic E-state index is -3.05. The molecule has 1 aromatic rings. The summed E-state index contributed by atoms with van der Waals surface area (Å²) in [6.07, 6.45) is 10.1. The Morgan fingerprint density at radius 1 is 0.964 bits per heavy atom. The summed E-state index contributed by atoms with van der Waals surface area (Å²) in [5.74, 6) is 0.862. The molecule has 0 N–H and O–H groups in total. The standard InChI is InChI=1S/C23H32N2O2S/c26-28(27,21-10-11-21)25-16-20-4-3-5-22(23(20)17-25)19-8-6-18(7-9-19)12-15-24-13-1-2-14-24/h5-9,20-21,23H,1-4,10-17H2/t20-,23+/m1/s1. The van der Waals surface area contributed by atoms with Crippen molar-refractivity contribution in [1.29, 1.82) is 0 Å². The molecule has 2 aliphatic heterocycles. The van der Waals surface area contributed by atoms with Gasteiger partial charge in [0.25, 0.3) is 0 Å². The van der Waals surface area contributed by atoms with Crippen LogP contribution < -0.4 is 0 Å². The topological polar surface area (TPSA) is 40.6 Å². The van der Waals surface area contributed by atoms with Crippen molar-refractivity contribution in [2.24, 2.45) is 11.8 Å². The van der Waals surface area contributed by atoms with Crippen molar-refractivity contribution in [3.05, 3.63) is 41.5 Å². The van der Waals surface area contributed by atoms with E-state index in [0.717, 1.165) is 38.6 Å². The molecule has 1 aromatic carbocycles. The number of rotatable bonds is 6. The second-order valence-electron chi connectivity index (χ2n) is 9.16. The van der Waals surface area contributed by atoms with Crippen LogP contribution in [0.25, 0.3) is 5.57 Å². The van der Waals surface area contributed by atoms with E-state index in [0.29, 0.717) is 18.4 Å². The molecule has 0 radical (unpaired) electrons. The van der Waals surface area contributed by atoms with Gasteiger partial charge in [-0.15, -0.1) is 0 Å². The fraction of sp³-hybridized carbons (Fsp3) is 0.652. The zero-order valence-electron chi connectivity index (χ0n) is 16.7. The van der Waals surface area contributed by atoms with Crippen LogP contribution in [-0.4, -0.2) is 55.6 Å². The van der Waals surface area contributed by atoms with Crippen LogP contribution in [0.5, 0.6) is 0 Å². The third-order valence-electron chi connectivity index (χ3n) is 7.22. The van der Waals surface area contributed by atoms with Gasteiger partial charge in [0.05, 0.1) is 5.25 Å². The number of allylic oxidation sites excluding steroid dienone is 1. The van der Waals surface area contributed by atoms with E-state index in [1.807, 2.05) is 4.31 Å². The lowest BCUT2D eigenvalue weighted by Gasteiger charge is -2.26. The summed E-state index contributed by atoms with van der Waals surface area (Å²) in [6, 6.07) is 9.10. The molecule has 0 bridgehead atoms. The molecule has 2 aliphatic carbocycles. The molecule has 5 rings (SSSR count). The Labute approximate surface area is 169 Å². The molecular weight excluding hydrogens is 368 g/mol. The predicted molar refractivity (Wildman–Crippen MR) is 114 cm³/mol. The van der Waals surface area contributed by atoms with E-state index in [2.05, 4.69) is 35.2 Å². The fourth-order valence-corrected chi connectivity index (χ4v) is 7.28. The molecule has 4 nitrogen and oxygen atoms in total. The van der Waals surface area contributed by atoms with Crippen molar-refractivity contribution in [3.8, 4) is 0 Å². The van der Waals surface area contributed by atoms with Gasteiger partial charge in [-0.25, -0.2) is 12.7 Å². The first kappa shape index (κ1) is 18.8. The van der Waals surface area contributed by atoms with Crippen molar-refractivity contribution >= 4 is 15.6 Å². The van der Waals surface area contributed by atoms with E-state index in [9.17, 15) is 8.42 Å². The molecule has 1 saturated carbocycles. The fourth-order valence-electron chi connectivity index (χ4n) is 5.35. The molecule has 0 unspecified atom stereocenters. The normalized spacial score (nSPS) is 29.1. The van der Waals surface area contributed by atoms with Crippen LogP contribution in [-0.2, 0) is 16.4 Å². The van der Waals surface area contributed by atoms with Gasteiger partial charge in [0.15, 0.2) is 0 Å². The second-order valence-corrected chi connectivity index (χ2v) is 11.4. The molecule has 2 heterocycles. The highest BCUT2D eigenvalue weighted by Crippen LogP contribution is 2.44. The minimum Gasteiger partial charge on any atom is -0.303 e. The van der Waals surface area contributed by atoms with Gasteiger partial charge < -0.3 is 4.90 Å². The highest BCUT2D eigenvalue weighted by molar-refractivity contribution is 7.90. The summed E-state index contributed by atoms with van der Waals surface area (Å²) in [4.78, 5) is 2.57. The summed E-state index contributed by atoms with van der Waals surface area (Å²) in [6.45, 7) is 5.10. The number of likely N-dealkylation sites (tertiary alicyclic amines) is 1. The number of hydrogen-bond acceptors (Lipinski definition) is 3. The maximum absolute atomic E-state index is 12.7. The first-order valence-corrected chi connectivity index (χ1v) is 12.6. The van der Waals surface area contributed by atoms with Gasteiger partial charge in [-0.3, -0.25) is 0 Å². The van der Waals surface area contributed by atoms with Gasteiger partial charge >= 0.3 is 0 Å². The molecule has 0 spiro atoms. The summed E-state index contributed by atoms with van der Waals surface area (Å²) in [5, 5.41) is -0.0880. The Hall–Kier alpha value is -1.17. The Morgan fingerprint density at radius 3 is 2.43 bits per heavy atom. The van der Waals surface area contributed by atoms with Gasteiger partial charge in [0.2, 0.25) is 10.0 Å². The molecule has 152 valence electrons. The van der Waals surface area contributed by atoms with Gasteiger partial charge in [-0.05, 0) is 80.7 Å². The lowest BCUT2D eigenvalue weighted by Crippen LogP contribution is -2.32. The van der Waals surface area contributed by atoms with Crippen LogP contribution in [0.3, 0.4) is 0 Å². The Balaban J connectivity index is 1.27. The first-order chi connectivity index (χ1) is 13.6. The molecule has 4 aliphatic rings. The first-order valence-electron chi connectivity index (χ1n) is 11.1. The van der Waals surface area contributed by atoms with Crippen molar-refractivity contribution < 1.29 is 8.42 Å². The summed E-state index contributed by atoms with van der Waals surface area (Å²) >= 11 is 0. The summed E-state index contributed by atoms with van der Waals surface area (Å²) < 4.78 is 27.2. The molecule has 28 heavy (non-hydrogen) atoms. The zero-order chi connectivity index (χ0) is 19.1. The average Bonchev–Trinajstić information content (AvgIpc) is 3.27. The SMILES string of the molecule is O=S(=O)(C1CC1)N1C[C@H]2CCC=C(c3ccc(CCN4CCCC4)cc3)[C@H]2C1. The predicted octanol–water partition coefficient (Wildman–Crippen LogP) is 3.54. The van der Waals surface area contributed by atoms with E-state index in [1.165, 1.54) is 49.2 Å². The zero-order valence-corrected chi connectivity index (χ0v) is 17.5. The number of nitrogens with zero attached hydrogens (tertiary/aromatic N) is 2. The maximum atomic E-state index is 12.7. The van der Waals surface area contributed by atoms with Crippen molar-refractivity contribution in [3.63, 3.8) is 0 Å². The van der Waals surface area contributed by atoms with E-state index >= 15 is 0 Å². The molecule has 3 fully saturated rings.